The number of aryl methyl sites for hydroxylation is 2. The zero-order valence-corrected chi connectivity index (χ0v) is 13.5. The molecule has 0 atom stereocenters. The minimum absolute atomic E-state index is 0.208. The van der Waals surface area contributed by atoms with Crippen LogP contribution >= 0.6 is 0 Å². The Morgan fingerprint density at radius 3 is 2.36 bits per heavy atom. The first-order chi connectivity index (χ1) is 10.5. The lowest BCUT2D eigenvalue weighted by Gasteiger charge is -2.18. The topological polar surface area (TPSA) is 54.1 Å². The van der Waals surface area contributed by atoms with Crippen molar-refractivity contribution in [3.8, 4) is 12.1 Å². The highest BCUT2D eigenvalue weighted by molar-refractivity contribution is 5.62. The molecule has 1 aliphatic rings. The summed E-state index contributed by atoms with van der Waals surface area (Å²) in [7, 11) is 3.89. The number of hydrogen-bond acceptors (Lipinski definition) is 4. The van der Waals surface area contributed by atoms with Crippen molar-refractivity contribution < 1.29 is 0 Å². The summed E-state index contributed by atoms with van der Waals surface area (Å²) in [5.41, 5.74) is 5.70. The summed E-state index contributed by atoms with van der Waals surface area (Å²) in [4.78, 5) is 4.15. The summed E-state index contributed by atoms with van der Waals surface area (Å²) in [6.45, 7) is 5.50. The fourth-order valence-corrected chi connectivity index (χ4v) is 2.58. The molecule has 1 aromatic rings. The maximum atomic E-state index is 9.19. The maximum Gasteiger partial charge on any atom is 0.135 e. The van der Waals surface area contributed by atoms with Crippen LogP contribution in [0.5, 0.6) is 0 Å². The van der Waals surface area contributed by atoms with Crippen LogP contribution in [0.3, 0.4) is 0 Å². The molecule has 4 heteroatoms. The van der Waals surface area contributed by atoms with E-state index in [1.807, 2.05) is 37.3 Å². The summed E-state index contributed by atoms with van der Waals surface area (Å²) in [5, 5.41) is 18.4. The number of benzene rings is 1. The molecule has 0 aromatic heterocycles. The van der Waals surface area contributed by atoms with Crippen LogP contribution in [-0.2, 0) is 0 Å². The van der Waals surface area contributed by atoms with Crippen molar-refractivity contribution in [2.75, 3.05) is 32.1 Å². The van der Waals surface area contributed by atoms with Crippen LogP contribution in [0.25, 0.3) is 0 Å². The Morgan fingerprint density at radius 1 is 1.14 bits per heavy atom. The Labute approximate surface area is 132 Å². The van der Waals surface area contributed by atoms with Gasteiger partial charge in [0.1, 0.15) is 17.7 Å². The number of allylic oxidation sites excluding steroid dienone is 1. The fraction of sp³-hybridized carbons (Fsp3) is 0.333. The van der Waals surface area contributed by atoms with E-state index >= 15 is 0 Å². The molecule has 0 spiro atoms. The number of hydrogen-bond donors (Lipinski definition) is 0. The van der Waals surface area contributed by atoms with Crippen molar-refractivity contribution in [3.63, 3.8) is 0 Å². The van der Waals surface area contributed by atoms with E-state index in [1.165, 1.54) is 11.1 Å². The van der Waals surface area contributed by atoms with Gasteiger partial charge in [0.2, 0.25) is 0 Å². The van der Waals surface area contributed by atoms with Gasteiger partial charge in [-0.05, 0) is 42.7 Å². The molecule has 22 heavy (non-hydrogen) atoms. The molecule has 2 rings (SSSR count). The highest BCUT2D eigenvalue weighted by Gasteiger charge is 2.25. The molecule has 4 nitrogen and oxygen atoms in total. The van der Waals surface area contributed by atoms with E-state index in [4.69, 9.17) is 0 Å². The Bertz CT molecular complexity index is 710. The maximum absolute atomic E-state index is 9.19. The average Bonchev–Trinajstić information content (AvgIpc) is 2.86. The van der Waals surface area contributed by atoms with E-state index in [9.17, 15) is 10.5 Å². The second kappa shape index (κ2) is 6.37. The number of anilines is 1. The Balaban J connectivity index is 2.43. The number of nitrogens with zero attached hydrogens (tertiary/aromatic N) is 4. The summed E-state index contributed by atoms with van der Waals surface area (Å²) >= 11 is 0. The highest BCUT2D eigenvalue weighted by atomic mass is 15.2. The van der Waals surface area contributed by atoms with Gasteiger partial charge in [-0.2, -0.15) is 10.5 Å². The van der Waals surface area contributed by atoms with Crippen LogP contribution in [0.15, 0.2) is 41.1 Å². The molecule has 1 fully saturated rings. The van der Waals surface area contributed by atoms with Crippen LogP contribution < -0.4 is 4.90 Å². The molecule has 1 aliphatic heterocycles. The largest absolute Gasteiger partial charge is 0.383 e. The van der Waals surface area contributed by atoms with Gasteiger partial charge in [-0.3, -0.25) is 0 Å². The average molecular weight is 292 g/mol. The van der Waals surface area contributed by atoms with Gasteiger partial charge in [-0.25, -0.2) is 0 Å². The van der Waals surface area contributed by atoms with Crippen LogP contribution in [0.2, 0.25) is 0 Å². The Hall–Kier alpha value is -2.72. The van der Waals surface area contributed by atoms with Crippen LogP contribution in [-0.4, -0.2) is 32.1 Å². The molecule has 0 saturated carbocycles. The lowest BCUT2D eigenvalue weighted by atomic mass is 10.1. The lowest BCUT2D eigenvalue weighted by Crippen LogP contribution is -2.18. The van der Waals surface area contributed by atoms with Crippen LogP contribution in [0.1, 0.15) is 11.1 Å². The molecule has 0 N–H and O–H groups in total. The van der Waals surface area contributed by atoms with E-state index in [-0.39, 0.29) is 5.57 Å². The number of rotatable bonds is 2. The molecular formula is C18H20N4. The van der Waals surface area contributed by atoms with Crippen molar-refractivity contribution in [1.82, 2.24) is 4.90 Å². The van der Waals surface area contributed by atoms with Crippen LogP contribution in [0, 0.1) is 36.5 Å². The van der Waals surface area contributed by atoms with Crippen molar-refractivity contribution in [2.24, 2.45) is 0 Å². The van der Waals surface area contributed by atoms with Crippen molar-refractivity contribution in [1.29, 1.82) is 10.5 Å². The SMILES string of the molecule is Cc1ccc(N2CC(=CN(C)C)C(=C(C#N)C#N)C2)cc1C. The van der Waals surface area contributed by atoms with Gasteiger partial charge < -0.3 is 9.80 Å². The van der Waals surface area contributed by atoms with Gasteiger partial charge in [0, 0.05) is 44.6 Å². The summed E-state index contributed by atoms with van der Waals surface area (Å²) in [6, 6.07) is 10.4. The molecule has 0 aliphatic carbocycles. The predicted octanol–water partition coefficient (Wildman–Crippen LogP) is 2.91. The molecule has 1 saturated heterocycles. The monoisotopic (exact) mass is 292 g/mol. The van der Waals surface area contributed by atoms with Crippen molar-refractivity contribution in [2.45, 2.75) is 13.8 Å². The van der Waals surface area contributed by atoms with Gasteiger partial charge in [-0.15, -0.1) is 0 Å². The van der Waals surface area contributed by atoms with Gasteiger partial charge in [-0.1, -0.05) is 6.07 Å². The predicted molar refractivity (Wildman–Crippen MR) is 88.2 cm³/mol. The second-order valence-corrected chi connectivity index (χ2v) is 5.82. The number of nitriles is 2. The van der Waals surface area contributed by atoms with Gasteiger partial charge >= 0.3 is 0 Å². The first kappa shape index (κ1) is 15.7. The van der Waals surface area contributed by atoms with Gasteiger partial charge in [0.25, 0.3) is 0 Å². The van der Waals surface area contributed by atoms with Crippen LogP contribution in [0.4, 0.5) is 5.69 Å². The Kier molecular flexibility index (Phi) is 4.53. The second-order valence-electron chi connectivity index (χ2n) is 5.82. The van der Waals surface area contributed by atoms with E-state index in [2.05, 4.69) is 36.9 Å². The molecule has 0 unspecified atom stereocenters. The van der Waals surface area contributed by atoms with E-state index in [1.54, 1.807) is 0 Å². The van der Waals surface area contributed by atoms with E-state index in [0.717, 1.165) is 16.8 Å². The minimum Gasteiger partial charge on any atom is -0.383 e. The third kappa shape index (κ3) is 3.13. The minimum atomic E-state index is 0.208. The van der Waals surface area contributed by atoms with Gasteiger partial charge in [0.05, 0.1) is 0 Å². The highest BCUT2D eigenvalue weighted by Crippen LogP contribution is 2.30. The molecule has 0 amide bonds. The summed E-state index contributed by atoms with van der Waals surface area (Å²) in [5.74, 6) is 0. The molecule has 1 heterocycles. The van der Waals surface area contributed by atoms with E-state index < -0.39 is 0 Å². The molecule has 0 radical (unpaired) electrons. The first-order valence-electron chi connectivity index (χ1n) is 7.19. The quantitative estimate of drug-likeness (QED) is 0.786. The molecule has 1 aromatic carbocycles. The normalized spacial score (nSPS) is 15.6. The lowest BCUT2D eigenvalue weighted by molar-refractivity contribution is 0.559. The zero-order valence-electron chi connectivity index (χ0n) is 13.5. The smallest absolute Gasteiger partial charge is 0.135 e. The molecular weight excluding hydrogens is 272 g/mol. The third-order valence-electron chi connectivity index (χ3n) is 3.89. The zero-order chi connectivity index (χ0) is 16.3. The fourth-order valence-electron chi connectivity index (χ4n) is 2.58. The van der Waals surface area contributed by atoms with Crippen molar-refractivity contribution in [3.05, 3.63) is 52.2 Å². The molecule has 112 valence electrons. The third-order valence-corrected chi connectivity index (χ3v) is 3.89. The van der Waals surface area contributed by atoms with Gasteiger partial charge in [0.15, 0.2) is 0 Å². The Morgan fingerprint density at radius 2 is 1.82 bits per heavy atom. The van der Waals surface area contributed by atoms with E-state index in [0.29, 0.717) is 13.1 Å². The first-order valence-corrected chi connectivity index (χ1v) is 7.19. The molecule has 0 bridgehead atoms. The summed E-state index contributed by atoms with van der Waals surface area (Å²) < 4.78 is 0. The van der Waals surface area contributed by atoms with Crippen molar-refractivity contribution >= 4 is 5.69 Å². The standard InChI is InChI=1S/C18H20N4/c1-13-5-6-17(7-14(13)2)22-11-16(10-21(3)4)18(12-22)15(8-19)9-20/h5-7,10H,11-12H2,1-4H3. The summed E-state index contributed by atoms with van der Waals surface area (Å²) in [6.07, 6.45) is 1.99.